The zero-order valence-electron chi connectivity index (χ0n) is 13.9. The van der Waals surface area contributed by atoms with Crippen LogP contribution < -0.4 is 10.6 Å². The molecule has 0 saturated heterocycles. The first-order valence-corrected chi connectivity index (χ1v) is 7.76. The van der Waals surface area contributed by atoms with E-state index < -0.39 is 11.4 Å². The summed E-state index contributed by atoms with van der Waals surface area (Å²) in [6.45, 7) is 7.94. The fourth-order valence-electron chi connectivity index (χ4n) is 1.54. The molecule has 0 fully saturated rings. The lowest BCUT2D eigenvalue weighted by Crippen LogP contribution is -2.31. The van der Waals surface area contributed by atoms with Gasteiger partial charge in [0.2, 0.25) is 0 Å². The standard InChI is InChI=1S/C17H23ClN2O3/c1-5-23-11-14(10-15(21)17(2,3)4)20-16(22)19-13-8-6-12(18)7-9-13/h6-10H,5,11H2,1-4H3,(H2,19,20,22). The molecule has 0 aromatic heterocycles. The summed E-state index contributed by atoms with van der Waals surface area (Å²) in [7, 11) is 0. The van der Waals surface area contributed by atoms with Gasteiger partial charge in [0, 0.05) is 34.5 Å². The van der Waals surface area contributed by atoms with Crippen LogP contribution in [0.5, 0.6) is 0 Å². The van der Waals surface area contributed by atoms with Crippen molar-refractivity contribution in [1.82, 2.24) is 5.32 Å². The van der Waals surface area contributed by atoms with Crippen LogP contribution in [0.2, 0.25) is 5.02 Å². The van der Waals surface area contributed by atoms with Crippen LogP contribution in [0.25, 0.3) is 0 Å². The predicted octanol–water partition coefficient (Wildman–Crippen LogP) is 4.00. The lowest BCUT2D eigenvalue weighted by atomic mass is 9.90. The van der Waals surface area contributed by atoms with E-state index in [-0.39, 0.29) is 12.4 Å². The molecule has 1 rings (SSSR count). The average molecular weight is 339 g/mol. The van der Waals surface area contributed by atoms with E-state index in [4.69, 9.17) is 16.3 Å². The van der Waals surface area contributed by atoms with E-state index in [2.05, 4.69) is 10.6 Å². The summed E-state index contributed by atoms with van der Waals surface area (Å²) in [6, 6.07) is 6.29. The van der Waals surface area contributed by atoms with Crippen molar-refractivity contribution >= 4 is 29.1 Å². The Hall–Kier alpha value is -1.85. The molecule has 126 valence electrons. The molecule has 0 aliphatic rings. The lowest BCUT2D eigenvalue weighted by Gasteiger charge is -2.16. The highest BCUT2D eigenvalue weighted by Gasteiger charge is 2.20. The van der Waals surface area contributed by atoms with E-state index in [1.807, 2.05) is 27.7 Å². The highest BCUT2D eigenvalue weighted by atomic mass is 35.5. The van der Waals surface area contributed by atoms with Crippen molar-refractivity contribution in [3.63, 3.8) is 0 Å². The quantitative estimate of drug-likeness (QED) is 0.770. The van der Waals surface area contributed by atoms with E-state index in [9.17, 15) is 9.59 Å². The van der Waals surface area contributed by atoms with Gasteiger partial charge in [0.15, 0.2) is 5.78 Å². The van der Waals surface area contributed by atoms with Crippen LogP contribution in [0.1, 0.15) is 27.7 Å². The number of halogens is 1. The molecule has 0 bridgehead atoms. The molecule has 0 aliphatic carbocycles. The number of amides is 2. The van der Waals surface area contributed by atoms with Crippen molar-refractivity contribution in [1.29, 1.82) is 0 Å². The molecule has 1 aromatic carbocycles. The van der Waals surface area contributed by atoms with Gasteiger partial charge in [-0.3, -0.25) is 4.79 Å². The van der Waals surface area contributed by atoms with Crippen molar-refractivity contribution in [3.05, 3.63) is 41.1 Å². The number of ketones is 1. The maximum absolute atomic E-state index is 12.1. The van der Waals surface area contributed by atoms with E-state index in [0.717, 1.165) is 0 Å². The number of hydrogen-bond donors (Lipinski definition) is 2. The summed E-state index contributed by atoms with van der Waals surface area (Å²) in [6.07, 6.45) is 1.41. The minimum atomic E-state index is -0.522. The van der Waals surface area contributed by atoms with Crippen LogP contribution in [0.4, 0.5) is 10.5 Å². The molecule has 0 saturated carbocycles. The van der Waals surface area contributed by atoms with Crippen molar-refractivity contribution in [2.45, 2.75) is 27.7 Å². The summed E-state index contributed by atoms with van der Waals surface area (Å²) in [5.74, 6) is -0.0843. The number of carbonyl (C=O) groups excluding carboxylic acids is 2. The van der Waals surface area contributed by atoms with Crippen LogP contribution in [0, 0.1) is 5.41 Å². The van der Waals surface area contributed by atoms with Gasteiger partial charge in [-0.25, -0.2) is 4.79 Å². The number of benzene rings is 1. The zero-order valence-corrected chi connectivity index (χ0v) is 14.7. The Bertz CT molecular complexity index is 574. The number of allylic oxidation sites excluding steroid dienone is 1. The third kappa shape index (κ3) is 7.30. The fourth-order valence-corrected chi connectivity index (χ4v) is 1.67. The maximum Gasteiger partial charge on any atom is 0.323 e. The first-order chi connectivity index (χ1) is 10.7. The van der Waals surface area contributed by atoms with Crippen LogP contribution >= 0.6 is 11.6 Å². The second-order valence-electron chi connectivity index (χ2n) is 6.01. The number of rotatable bonds is 6. The first-order valence-electron chi connectivity index (χ1n) is 7.38. The Kier molecular flexibility index (Phi) is 7.26. The molecule has 0 radical (unpaired) electrons. The van der Waals surface area contributed by atoms with Gasteiger partial charge in [-0.2, -0.15) is 0 Å². The summed E-state index contributed by atoms with van der Waals surface area (Å²) in [5.41, 5.74) is 0.495. The monoisotopic (exact) mass is 338 g/mol. The second-order valence-corrected chi connectivity index (χ2v) is 6.44. The van der Waals surface area contributed by atoms with E-state index in [0.29, 0.717) is 23.0 Å². The minimum Gasteiger partial charge on any atom is -0.376 e. The Balaban J connectivity index is 2.75. The van der Waals surface area contributed by atoms with Gasteiger partial charge in [0.25, 0.3) is 0 Å². The first kappa shape index (κ1) is 19.2. The van der Waals surface area contributed by atoms with E-state index in [1.165, 1.54) is 6.08 Å². The van der Waals surface area contributed by atoms with Gasteiger partial charge in [-0.1, -0.05) is 32.4 Å². The lowest BCUT2D eigenvalue weighted by molar-refractivity contribution is -0.121. The summed E-state index contributed by atoms with van der Waals surface area (Å²) >= 11 is 5.80. The Labute approximate surface area is 142 Å². The number of urea groups is 1. The topological polar surface area (TPSA) is 67.4 Å². The molecule has 5 nitrogen and oxygen atoms in total. The molecular weight excluding hydrogens is 316 g/mol. The summed E-state index contributed by atoms with van der Waals surface area (Å²) < 4.78 is 5.30. The van der Waals surface area contributed by atoms with Gasteiger partial charge in [0.1, 0.15) is 0 Å². The number of hydrogen-bond acceptors (Lipinski definition) is 3. The molecule has 0 atom stereocenters. The normalized spacial score (nSPS) is 12.0. The van der Waals surface area contributed by atoms with Crippen molar-refractivity contribution in [2.75, 3.05) is 18.5 Å². The predicted molar refractivity (Wildman–Crippen MR) is 92.6 cm³/mol. The van der Waals surface area contributed by atoms with E-state index >= 15 is 0 Å². The molecule has 0 aliphatic heterocycles. The number of ether oxygens (including phenoxy) is 1. The molecule has 23 heavy (non-hydrogen) atoms. The SMILES string of the molecule is CCOCC(=CC(=O)C(C)(C)C)NC(=O)Nc1ccc(Cl)cc1. The Morgan fingerprint density at radius 3 is 2.35 bits per heavy atom. The molecule has 6 heteroatoms. The van der Waals surface area contributed by atoms with Crippen LogP contribution in [-0.4, -0.2) is 25.0 Å². The van der Waals surface area contributed by atoms with Crippen LogP contribution in [-0.2, 0) is 9.53 Å². The highest BCUT2D eigenvalue weighted by Crippen LogP contribution is 2.16. The summed E-state index contributed by atoms with van der Waals surface area (Å²) in [5, 5.41) is 5.91. The molecule has 2 amide bonds. The minimum absolute atomic E-state index is 0.0843. The second kappa shape index (κ2) is 8.70. The maximum atomic E-state index is 12.1. The Morgan fingerprint density at radius 2 is 1.83 bits per heavy atom. The largest absolute Gasteiger partial charge is 0.376 e. The van der Waals surface area contributed by atoms with Gasteiger partial charge < -0.3 is 15.4 Å². The number of carbonyl (C=O) groups is 2. The third-order valence-electron chi connectivity index (χ3n) is 2.88. The Morgan fingerprint density at radius 1 is 1.22 bits per heavy atom. The smallest absolute Gasteiger partial charge is 0.323 e. The fraction of sp³-hybridized carbons (Fsp3) is 0.412. The van der Waals surface area contributed by atoms with Crippen LogP contribution in [0.15, 0.2) is 36.0 Å². The molecule has 0 heterocycles. The average Bonchev–Trinajstić information content (AvgIpc) is 2.46. The van der Waals surface area contributed by atoms with Gasteiger partial charge in [-0.15, -0.1) is 0 Å². The molecule has 0 unspecified atom stereocenters. The van der Waals surface area contributed by atoms with Crippen LogP contribution in [0.3, 0.4) is 0 Å². The number of nitrogens with one attached hydrogen (secondary N) is 2. The van der Waals surface area contributed by atoms with Gasteiger partial charge in [0.05, 0.1) is 6.61 Å². The van der Waals surface area contributed by atoms with Crippen molar-refractivity contribution < 1.29 is 14.3 Å². The third-order valence-corrected chi connectivity index (χ3v) is 3.13. The number of anilines is 1. The molecular formula is C17H23ClN2O3. The molecule has 1 aromatic rings. The van der Waals surface area contributed by atoms with Gasteiger partial charge in [-0.05, 0) is 31.2 Å². The van der Waals surface area contributed by atoms with Crippen molar-refractivity contribution in [2.24, 2.45) is 5.41 Å². The highest BCUT2D eigenvalue weighted by molar-refractivity contribution is 6.30. The van der Waals surface area contributed by atoms with E-state index in [1.54, 1.807) is 24.3 Å². The van der Waals surface area contributed by atoms with Crippen molar-refractivity contribution in [3.8, 4) is 0 Å². The summed E-state index contributed by atoms with van der Waals surface area (Å²) in [4.78, 5) is 24.1. The van der Waals surface area contributed by atoms with Gasteiger partial charge >= 0.3 is 6.03 Å². The zero-order chi connectivity index (χ0) is 17.5. The molecule has 2 N–H and O–H groups in total. The molecule has 0 spiro atoms.